The summed E-state index contributed by atoms with van der Waals surface area (Å²) in [5, 5.41) is 2.09. The molecule has 1 aromatic heterocycles. The zero-order valence-corrected chi connectivity index (χ0v) is 15.0. The Morgan fingerprint density at radius 1 is 1.20 bits per heavy atom. The van der Waals surface area contributed by atoms with Crippen LogP contribution in [0.1, 0.15) is 37.5 Å². The number of nitrogens with one attached hydrogen (secondary N) is 1. The SMILES string of the molecule is Nc1c2c(cc(=O)n1-c1cc(Br)ccc1C(=O)CCCl)C(=O)NC2=O. The molecule has 0 spiro atoms. The van der Waals surface area contributed by atoms with Crippen molar-refractivity contribution in [3.05, 3.63) is 55.8 Å². The Morgan fingerprint density at radius 2 is 1.92 bits per heavy atom. The van der Waals surface area contributed by atoms with Crippen LogP contribution in [0.4, 0.5) is 5.82 Å². The van der Waals surface area contributed by atoms with Crippen molar-refractivity contribution in [3.8, 4) is 5.69 Å². The second-order valence-electron chi connectivity index (χ2n) is 5.30. The van der Waals surface area contributed by atoms with Crippen LogP contribution in [0.25, 0.3) is 5.69 Å². The van der Waals surface area contributed by atoms with Crippen LogP contribution in [0.3, 0.4) is 0 Å². The van der Waals surface area contributed by atoms with Gasteiger partial charge in [0.15, 0.2) is 5.78 Å². The number of fused-ring (bicyclic) bond motifs is 1. The molecule has 7 nitrogen and oxygen atoms in total. The number of alkyl halides is 1. The smallest absolute Gasteiger partial charge is 0.262 e. The number of Topliss-reactive ketones (excluding diaryl/α,β-unsaturated/α-hetero) is 1. The van der Waals surface area contributed by atoms with Crippen LogP contribution in [-0.2, 0) is 0 Å². The van der Waals surface area contributed by atoms with E-state index in [9.17, 15) is 19.2 Å². The Bertz CT molecular complexity index is 1000. The first-order chi connectivity index (χ1) is 11.8. The number of nitrogens with two attached hydrogens (primary N) is 1. The molecular weight excluding hydrogens is 414 g/mol. The lowest BCUT2D eigenvalue weighted by Crippen LogP contribution is -2.25. The first-order valence-electron chi connectivity index (χ1n) is 7.15. The number of nitrogen functional groups attached to an aromatic ring is 1. The summed E-state index contributed by atoms with van der Waals surface area (Å²) in [7, 11) is 0. The van der Waals surface area contributed by atoms with E-state index in [0.29, 0.717) is 4.47 Å². The van der Waals surface area contributed by atoms with Gasteiger partial charge in [0.2, 0.25) is 0 Å². The molecule has 2 amide bonds. The molecule has 25 heavy (non-hydrogen) atoms. The second kappa shape index (κ2) is 6.45. The van der Waals surface area contributed by atoms with E-state index in [4.69, 9.17) is 17.3 Å². The normalized spacial score (nSPS) is 12.9. The summed E-state index contributed by atoms with van der Waals surface area (Å²) >= 11 is 8.92. The van der Waals surface area contributed by atoms with Crippen LogP contribution in [0.5, 0.6) is 0 Å². The minimum absolute atomic E-state index is 0.0765. The van der Waals surface area contributed by atoms with Gasteiger partial charge in [0.1, 0.15) is 5.82 Å². The second-order valence-corrected chi connectivity index (χ2v) is 6.59. The number of pyridine rings is 1. The molecule has 2 heterocycles. The molecule has 9 heteroatoms. The minimum Gasteiger partial charge on any atom is -0.384 e. The number of hydrogen-bond acceptors (Lipinski definition) is 5. The first-order valence-corrected chi connectivity index (χ1v) is 8.48. The Hall–Kier alpha value is -2.45. The van der Waals surface area contributed by atoms with E-state index in [1.54, 1.807) is 18.2 Å². The number of ketones is 1. The molecule has 0 atom stereocenters. The lowest BCUT2D eigenvalue weighted by molar-refractivity contribution is 0.0878. The minimum atomic E-state index is -0.685. The third kappa shape index (κ3) is 2.87. The van der Waals surface area contributed by atoms with Crippen molar-refractivity contribution in [2.24, 2.45) is 0 Å². The van der Waals surface area contributed by atoms with Crippen molar-refractivity contribution in [1.29, 1.82) is 0 Å². The summed E-state index contributed by atoms with van der Waals surface area (Å²) in [6, 6.07) is 5.76. The number of imide groups is 1. The highest BCUT2D eigenvalue weighted by molar-refractivity contribution is 9.10. The summed E-state index contributed by atoms with van der Waals surface area (Å²) in [5.74, 6) is -1.72. The van der Waals surface area contributed by atoms with Crippen LogP contribution in [0, 0.1) is 0 Å². The monoisotopic (exact) mass is 423 g/mol. The number of nitrogens with zero attached hydrogens (tertiary/aromatic N) is 1. The Labute approximate surface area is 154 Å². The summed E-state index contributed by atoms with van der Waals surface area (Å²) in [6.07, 6.45) is 0.0781. The largest absolute Gasteiger partial charge is 0.384 e. The molecule has 0 fully saturated rings. The number of hydrogen-bond donors (Lipinski definition) is 2. The van der Waals surface area contributed by atoms with Gasteiger partial charge < -0.3 is 5.73 Å². The molecular formula is C16H11BrClN3O4. The molecule has 0 saturated carbocycles. The number of anilines is 1. The predicted molar refractivity (Wildman–Crippen MR) is 95.6 cm³/mol. The fourth-order valence-corrected chi connectivity index (χ4v) is 3.19. The van der Waals surface area contributed by atoms with E-state index in [1.165, 1.54) is 0 Å². The van der Waals surface area contributed by atoms with E-state index >= 15 is 0 Å². The molecule has 128 valence electrons. The van der Waals surface area contributed by atoms with Crippen LogP contribution in [-0.4, -0.2) is 28.0 Å². The van der Waals surface area contributed by atoms with Gasteiger partial charge in [-0.1, -0.05) is 15.9 Å². The zero-order valence-electron chi connectivity index (χ0n) is 12.6. The quantitative estimate of drug-likeness (QED) is 0.442. The summed E-state index contributed by atoms with van der Waals surface area (Å²) in [4.78, 5) is 48.6. The van der Waals surface area contributed by atoms with Crippen molar-refractivity contribution in [2.75, 3.05) is 11.6 Å². The highest BCUT2D eigenvalue weighted by Gasteiger charge is 2.32. The van der Waals surface area contributed by atoms with Crippen LogP contribution >= 0.6 is 27.5 Å². The van der Waals surface area contributed by atoms with Gasteiger partial charge in [-0.2, -0.15) is 0 Å². The molecule has 1 aliphatic heterocycles. The number of benzene rings is 1. The van der Waals surface area contributed by atoms with Crippen molar-refractivity contribution in [3.63, 3.8) is 0 Å². The third-order valence-electron chi connectivity index (χ3n) is 3.78. The first kappa shape index (κ1) is 17.4. The lowest BCUT2D eigenvalue weighted by atomic mass is 10.1. The number of halogens is 2. The fraction of sp³-hybridized carbons (Fsp3) is 0.125. The molecule has 0 aliphatic carbocycles. The van der Waals surface area contributed by atoms with Gasteiger partial charge in [0, 0.05) is 28.4 Å². The molecule has 1 aromatic carbocycles. The van der Waals surface area contributed by atoms with Crippen LogP contribution in [0.2, 0.25) is 0 Å². The summed E-state index contributed by atoms with van der Waals surface area (Å²) in [6.45, 7) is 0. The highest BCUT2D eigenvalue weighted by atomic mass is 79.9. The average molecular weight is 425 g/mol. The van der Waals surface area contributed by atoms with Crippen molar-refractivity contribution >= 4 is 50.9 Å². The van der Waals surface area contributed by atoms with Gasteiger partial charge in [-0.25, -0.2) is 0 Å². The van der Waals surface area contributed by atoms with E-state index < -0.39 is 17.4 Å². The number of aromatic nitrogens is 1. The molecule has 0 unspecified atom stereocenters. The van der Waals surface area contributed by atoms with Crippen molar-refractivity contribution < 1.29 is 14.4 Å². The Morgan fingerprint density at radius 3 is 2.60 bits per heavy atom. The van der Waals surface area contributed by atoms with E-state index in [2.05, 4.69) is 21.2 Å². The molecule has 0 bridgehead atoms. The molecule has 0 radical (unpaired) electrons. The van der Waals surface area contributed by atoms with Gasteiger partial charge in [-0.3, -0.25) is 29.1 Å². The fourth-order valence-electron chi connectivity index (χ4n) is 2.67. The van der Waals surface area contributed by atoms with Crippen molar-refractivity contribution in [2.45, 2.75) is 6.42 Å². The van der Waals surface area contributed by atoms with E-state index in [-0.39, 0.29) is 46.3 Å². The van der Waals surface area contributed by atoms with Gasteiger partial charge in [-0.15, -0.1) is 11.6 Å². The summed E-state index contributed by atoms with van der Waals surface area (Å²) < 4.78 is 1.65. The van der Waals surface area contributed by atoms with Crippen molar-refractivity contribution in [1.82, 2.24) is 9.88 Å². The lowest BCUT2D eigenvalue weighted by Gasteiger charge is -2.15. The van der Waals surface area contributed by atoms with E-state index in [1.807, 2.05) is 0 Å². The number of amides is 2. The van der Waals surface area contributed by atoms with Gasteiger partial charge in [0.05, 0.1) is 16.8 Å². The summed E-state index contributed by atoms with van der Waals surface area (Å²) in [5.41, 5.74) is 5.67. The van der Waals surface area contributed by atoms with Crippen LogP contribution in [0.15, 0.2) is 33.5 Å². The topological polar surface area (TPSA) is 111 Å². The van der Waals surface area contributed by atoms with Gasteiger partial charge in [0.25, 0.3) is 17.4 Å². The molecule has 3 rings (SSSR count). The third-order valence-corrected chi connectivity index (χ3v) is 4.46. The predicted octanol–water partition coefficient (Wildman–Crippen LogP) is 1.88. The molecule has 3 N–H and O–H groups in total. The van der Waals surface area contributed by atoms with Gasteiger partial charge in [-0.05, 0) is 18.2 Å². The van der Waals surface area contributed by atoms with Crippen LogP contribution < -0.4 is 16.6 Å². The molecule has 2 aromatic rings. The zero-order chi connectivity index (χ0) is 18.3. The number of rotatable bonds is 4. The maximum Gasteiger partial charge on any atom is 0.262 e. The number of carbonyl (C=O) groups excluding carboxylic acids is 3. The molecule has 0 saturated heterocycles. The average Bonchev–Trinajstić information content (AvgIpc) is 2.82. The van der Waals surface area contributed by atoms with E-state index in [0.717, 1.165) is 10.6 Å². The Kier molecular flexibility index (Phi) is 4.49. The highest BCUT2D eigenvalue weighted by Crippen LogP contribution is 2.27. The standard InChI is InChI=1S/C16H11BrClN3O4/c17-7-1-2-8(11(22)3-4-18)10(5-7)21-12(23)6-9-13(14(21)19)16(25)20-15(9)24/h1-2,5-6H,3-4,19H2,(H,20,24,25). The maximum absolute atomic E-state index is 12.5. The maximum atomic E-state index is 12.5. The Balaban J connectivity index is 2.32. The number of carbonyl (C=O) groups is 3. The molecule has 1 aliphatic rings. The van der Waals surface area contributed by atoms with Gasteiger partial charge >= 0.3 is 0 Å².